The Kier molecular flexibility index (Phi) is 9.52. The van der Waals surface area contributed by atoms with Crippen LogP contribution in [0.15, 0.2) is 0 Å². The largest absolute Gasteiger partial charge is 0.469 e. The van der Waals surface area contributed by atoms with Gasteiger partial charge in [-0.15, -0.1) is 0 Å². The normalized spacial score (nSPS) is 10.7. The number of hydrogen-bond acceptors (Lipinski definition) is 4. The molecule has 0 rings (SSSR count). The lowest BCUT2D eigenvalue weighted by molar-refractivity contribution is -0.140. The highest BCUT2D eigenvalue weighted by Gasteiger charge is 2.02. The Balaban J connectivity index is 3.25. The third-order valence-corrected chi connectivity index (χ3v) is 2.11. The SMILES string of the molecule is CCCOCCN(C)CCCC(=O)OC. The molecule has 0 heterocycles. The lowest BCUT2D eigenvalue weighted by atomic mass is 10.3. The first-order valence-electron chi connectivity index (χ1n) is 5.53. The summed E-state index contributed by atoms with van der Waals surface area (Å²) in [7, 11) is 3.46. The van der Waals surface area contributed by atoms with E-state index in [4.69, 9.17) is 4.74 Å². The number of esters is 1. The molecule has 0 aromatic heterocycles. The summed E-state index contributed by atoms with van der Waals surface area (Å²) in [4.78, 5) is 13.0. The Hall–Kier alpha value is -0.610. The average Bonchev–Trinajstić information content (AvgIpc) is 2.24. The maximum atomic E-state index is 10.8. The van der Waals surface area contributed by atoms with Crippen molar-refractivity contribution in [3.05, 3.63) is 0 Å². The molecule has 4 nitrogen and oxygen atoms in total. The van der Waals surface area contributed by atoms with Gasteiger partial charge in [-0.1, -0.05) is 6.92 Å². The quantitative estimate of drug-likeness (QED) is 0.431. The van der Waals surface area contributed by atoms with E-state index in [9.17, 15) is 4.79 Å². The van der Waals surface area contributed by atoms with Crippen molar-refractivity contribution in [2.24, 2.45) is 0 Å². The number of carbonyl (C=O) groups excluding carboxylic acids is 1. The van der Waals surface area contributed by atoms with Crippen LogP contribution < -0.4 is 0 Å². The molecule has 90 valence electrons. The van der Waals surface area contributed by atoms with Gasteiger partial charge in [0.2, 0.25) is 0 Å². The van der Waals surface area contributed by atoms with Crippen molar-refractivity contribution >= 4 is 5.97 Å². The van der Waals surface area contributed by atoms with Gasteiger partial charge in [0.05, 0.1) is 13.7 Å². The van der Waals surface area contributed by atoms with Crippen molar-refractivity contribution in [1.29, 1.82) is 0 Å². The van der Waals surface area contributed by atoms with Gasteiger partial charge in [-0.2, -0.15) is 0 Å². The smallest absolute Gasteiger partial charge is 0.305 e. The molecule has 15 heavy (non-hydrogen) atoms. The Morgan fingerprint density at radius 1 is 1.27 bits per heavy atom. The molecular weight excluding hydrogens is 194 g/mol. The number of nitrogens with zero attached hydrogens (tertiary/aromatic N) is 1. The van der Waals surface area contributed by atoms with Crippen LogP contribution in [0.25, 0.3) is 0 Å². The highest BCUT2D eigenvalue weighted by atomic mass is 16.5. The standard InChI is InChI=1S/C11H23NO3/c1-4-9-15-10-8-12(2)7-5-6-11(13)14-3/h4-10H2,1-3H3. The number of likely N-dealkylation sites (N-methyl/N-ethyl adjacent to an activating group) is 1. The van der Waals surface area contributed by atoms with Crippen molar-refractivity contribution in [2.75, 3.05) is 40.5 Å². The van der Waals surface area contributed by atoms with Crippen LogP contribution in [0, 0.1) is 0 Å². The predicted molar refractivity (Wildman–Crippen MR) is 59.9 cm³/mol. The molecule has 0 aliphatic heterocycles. The summed E-state index contributed by atoms with van der Waals surface area (Å²) in [6.07, 6.45) is 2.40. The summed E-state index contributed by atoms with van der Waals surface area (Å²) in [5.41, 5.74) is 0. The number of carbonyl (C=O) groups is 1. The van der Waals surface area contributed by atoms with Crippen LogP contribution in [0.1, 0.15) is 26.2 Å². The van der Waals surface area contributed by atoms with Crippen LogP contribution in [-0.4, -0.2) is 51.3 Å². The minimum atomic E-state index is -0.134. The van der Waals surface area contributed by atoms with Crippen molar-refractivity contribution in [1.82, 2.24) is 4.90 Å². The van der Waals surface area contributed by atoms with E-state index < -0.39 is 0 Å². The van der Waals surface area contributed by atoms with Gasteiger partial charge in [0.15, 0.2) is 0 Å². The molecule has 0 fully saturated rings. The van der Waals surface area contributed by atoms with Gasteiger partial charge < -0.3 is 14.4 Å². The van der Waals surface area contributed by atoms with E-state index in [-0.39, 0.29) is 5.97 Å². The number of methoxy groups -OCH3 is 1. The number of rotatable bonds is 9. The maximum Gasteiger partial charge on any atom is 0.305 e. The summed E-state index contributed by atoms with van der Waals surface area (Å²) < 4.78 is 9.93. The molecule has 0 aliphatic rings. The lowest BCUT2D eigenvalue weighted by Gasteiger charge is -2.15. The fourth-order valence-electron chi connectivity index (χ4n) is 1.17. The highest BCUT2D eigenvalue weighted by Crippen LogP contribution is 1.94. The van der Waals surface area contributed by atoms with E-state index in [2.05, 4.69) is 16.6 Å². The van der Waals surface area contributed by atoms with Gasteiger partial charge in [0, 0.05) is 19.6 Å². The Bertz CT molecular complexity index is 162. The van der Waals surface area contributed by atoms with E-state index >= 15 is 0 Å². The second-order valence-corrected chi connectivity index (χ2v) is 3.60. The first-order valence-corrected chi connectivity index (χ1v) is 5.53. The fraction of sp³-hybridized carbons (Fsp3) is 0.909. The van der Waals surface area contributed by atoms with Crippen molar-refractivity contribution in [3.8, 4) is 0 Å². The summed E-state index contributed by atoms with van der Waals surface area (Å²) in [6, 6.07) is 0. The molecule has 0 aliphatic carbocycles. The minimum Gasteiger partial charge on any atom is -0.469 e. The van der Waals surface area contributed by atoms with Gasteiger partial charge in [-0.25, -0.2) is 0 Å². The molecular formula is C11H23NO3. The van der Waals surface area contributed by atoms with Gasteiger partial charge in [0.25, 0.3) is 0 Å². The summed E-state index contributed by atoms with van der Waals surface area (Å²) in [5.74, 6) is -0.134. The number of hydrogen-bond donors (Lipinski definition) is 0. The van der Waals surface area contributed by atoms with E-state index in [1.807, 2.05) is 7.05 Å². The summed E-state index contributed by atoms with van der Waals surface area (Å²) in [5, 5.41) is 0. The monoisotopic (exact) mass is 217 g/mol. The molecule has 0 bridgehead atoms. The molecule has 0 radical (unpaired) electrons. The molecule has 0 aromatic rings. The minimum absolute atomic E-state index is 0.134. The highest BCUT2D eigenvalue weighted by molar-refractivity contribution is 5.69. The average molecular weight is 217 g/mol. The van der Waals surface area contributed by atoms with Gasteiger partial charge >= 0.3 is 5.97 Å². The van der Waals surface area contributed by atoms with Gasteiger partial charge in [-0.3, -0.25) is 4.79 Å². The van der Waals surface area contributed by atoms with Crippen LogP contribution in [0.3, 0.4) is 0 Å². The van der Waals surface area contributed by atoms with Crippen LogP contribution in [0.5, 0.6) is 0 Å². The Morgan fingerprint density at radius 3 is 2.60 bits per heavy atom. The molecule has 0 unspecified atom stereocenters. The van der Waals surface area contributed by atoms with E-state index in [1.54, 1.807) is 0 Å². The second kappa shape index (κ2) is 9.93. The first-order chi connectivity index (χ1) is 7.20. The summed E-state index contributed by atoms with van der Waals surface area (Å²) in [6.45, 7) is 5.52. The third-order valence-electron chi connectivity index (χ3n) is 2.11. The zero-order valence-electron chi connectivity index (χ0n) is 10.1. The van der Waals surface area contributed by atoms with Crippen molar-refractivity contribution in [3.63, 3.8) is 0 Å². The molecule has 0 N–H and O–H groups in total. The topological polar surface area (TPSA) is 38.8 Å². The Morgan fingerprint density at radius 2 is 2.00 bits per heavy atom. The summed E-state index contributed by atoms with van der Waals surface area (Å²) >= 11 is 0. The van der Waals surface area contributed by atoms with Crippen LogP contribution in [0.4, 0.5) is 0 Å². The second-order valence-electron chi connectivity index (χ2n) is 3.60. The third kappa shape index (κ3) is 9.69. The number of ether oxygens (including phenoxy) is 2. The van der Waals surface area contributed by atoms with Crippen LogP contribution >= 0.6 is 0 Å². The molecule has 4 heteroatoms. The molecule has 0 aromatic carbocycles. The van der Waals surface area contributed by atoms with Crippen LogP contribution in [0.2, 0.25) is 0 Å². The predicted octanol–water partition coefficient (Wildman–Crippen LogP) is 1.30. The molecule has 0 saturated heterocycles. The molecule has 0 amide bonds. The van der Waals surface area contributed by atoms with E-state index in [0.717, 1.165) is 39.1 Å². The van der Waals surface area contributed by atoms with Gasteiger partial charge in [-0.05, 0) is 26.4 Å². The lowest BCUT2D eigenvalue weighted by Crippen LogP contribution is -2.25. The van der Waals surface area contributed by atoms with Gasteiger partial charge in [0.1, 0.15) is 0 Å². The van der Waals surface area contributed by atoms with Crippen molar-refractivity contribution in [2.45, 2.75) is 26.2 Å². The molecule has 0 atom stereocenters. The molecule has 0 spiro atoms. The maximum absolute atomic E-state index is 10.8. The van der Waals surface area contributed by atoms with Crippen molar-refractivity contribution < 1.29 is 14.3 Å². The van der Waals surface area contributed by atoms with E-state index in [0.29, 0.717) is 6.42 Å². The fourth-order valence-corrected chi connectivity index (χ4v) is 1.17. The first kappa shape index (κ1) is 14.4. The zero-order valence-corrected chi connectivity index (χ0v) is 10.1. The van der Waals surface area contributed by atoms with E-state index in [1.165, 1.54) is 7.11 Å². The van der Waals surface area contributed by atoms with Crippen LogP contribution in [-0.2, 0) is 14.3 Å². The molecule has 0 saturated carbocycles. The Labute approximate surface area is 92.5 Å². The zero-order chi connectivity index (χ0) is 11.5.